The molecule has 10 nitrogen and oxygen atoms in total. The Bertz CT molecular complexity index is 1450. The Hall–Kier alpha value is -5.38. The van der Waals surface area contributed by atoms with E-state index in [0.29, 0.717) is 74.2 Å². The van der Waals surface area contributed by atoms with Gasteiger partial charge in [0, 0.05) is 24.4 Å². The van der Waals surface area contributed by atoms with Crippen molar-refractivity contribution in [3.05, 3.63) is 103 Å². The Morgan fingerprint density at radius 2 is 1.20 bits per heavy atom. The van der Waals surface area contributed by atoms with Crippen molar-refractivity contribution in [2.75, 3.05) is 33.5 Å². The van der Waals surface area contributed by atoms with E-state index in [1.165, 1.54) is 7.11 Å². The monoisotopic (exact) mass is 615 g/mol. The maximum atomic E-state index is 12.7. The van der Waals surface area contributed by atoms with Crippen molar-refractivity contribution in [2.45, 2.75) is 25.7 Å². The van der Waals surface area contributed by atoms with E-state index in [0.717, 1.165) is 29.9 Å². The van der Waals surface area contributed by atoms with Crippen LogP contribution < -0.4 is 18.9 Å². The molecule has 0 fully saturated rings. The van der Waals surface area contributed by atoms with Gasteiger partial charge in [0.05, 0.1) is 39.1 Å². The first-order valence-corrected chi connectivity index (χ1v) is 14.4. The van der Waals surface area contributed by atoms with Crippen LogP contribution >= 0.6 is 0 Å². The fourth-order valence-electron chi connectivity index (χ4n) is 3.73. The highest BCUT2D eigenvalue weighted by atomic mass is 16.5. The van der Waals surface area contributed by atoms with Gasteiger partial charge >= 0.3 is 17.9 Å². The molecule has 0 aliphatic rings. The van der Waals surface area contributed by atoms with E-state index >= 15 is 0 Å². The number of hydrogen-bond acceptors (Lipinski definition) is 10. The van der Waals surface area contributed by atoms with E-state index in [4.69, 9.17) is 28.4 Å². The average molecular weight is 616 g/mol. The molecular weight excluding hydrogens is 578 g/mol. The number of rotatable bonds is 19. The quantitative estimate of drug-likeness (QED) is 0.0493. The highest BCUT2D eigenvalue weighted by Gasteiger charge is 2.11. The van der Waals surface area contributed by atoms with Gasteiger partial charge in [-0.05, 0) is 91.9 Å². The first-order chi connectivity index (χ1) is 21.9. The fourth-order valence-corrected chi connectivity index (χ4v) is 3.73. The molecule has 3 aromatic carbocycles. The Balaban J connectivity index is 1.45. The number of carbonyl (C=O) groups is 3. The van der Waals surface area contributed by atoms with Crippen LogP contribution in [-0.4, -0.2) is 57.7 Å². The lowest BCUT2D eigenvalue weighted by atomic mass is 10.2. The largest absolute Gasteiger partial charge is 0.494 e. The third kappa shape index (κ3) is 12.4. The minimum atomic E-state index is -0.526. The van der Waals surface area contributed by atoms with Crippen LogP contribution in [0.1, 0.15) is 41.6 Å². The normalized spacial score (nSPS) is 10.5. The number of nitrogens with zero attached hydrogens (tertiary/aromatic N) is 1. The number of aliphatic imine (C=N–C) groups is 1. The number of unbranched alkanes of at least 4 members (excludes halogenated alkanes) is 2. The molecule has 236 valence electrons. The number of carbonyl (C=O) groups excluding carboxylic acids is 3. The first kappa shape index (κ1) is 34.1. The summed E-state index contributed by atoms with van der Waals surface area (Å²) in [6.07, 6.45) is 6.80. The molecule has 0 aromatic heterocycles. The molecule has 0 unspecified atom stereocenters. The summed E-state index contributed by atoms with van der Waals surface area (Å²) in [5.41, 5.74) is 1.79. The fraction of sp³-hybridized carbons (Fsp3) is 0.257. The van der Waals surface area contributed by atoms with Crippen molar-refractivity contribution in [1.29, 1.82) is 0 Å². The third-order valence-electron chi connectivity index (χ3n) is 6.12. The molecule has 3 rings (SSSR count). The first-order valence-electron chi connectivity index (χ1n) is 14.4. The molecule has 0 atom stereocenters. The molecule has 0 N–H and O–H groups in total. The van der Waals surface area contributed by atoms with E-state index in [1.807, 2.05) is 24.3 Å². The minimum Gasteiger partial charge on any atom is -0.494 e. The Kier molecular flexibility index (Phi) is 14.4. The highest BCUT2D eigenvalue weighted by molar-refractivity contribution is 5.91. The molecule has 0 saturated heterocycles. The van der Waals surface area contributed by atoms with E-state index in [1.54, 1.807) is 48.7 Å². The van der Waals surface area contributed by atoms with Crippen LogP contribution in [0.15, 0.2) is 97.0 Å². The van der Waals surface area contributed by atoms with Crippen molar-refractivity contribution in [3.8, 4) is 23.0 Å². The summed E-state index contributed by atoms with van der Waals surface area (Å²) in [7, 11) is 1.52. The topological polar surface area (TPSA) is 119 Å². The van der Waals surface area contributed by atoms with Crippen LogP contribution in [0.4, 0.5) is 5.69 Å². The van der Waals surface area contributed by atoms with Crippen molar-refractivity contribution in [3.63, 3.8) is 0 Å². The molecule has 0 aliphatic carbocycles. The highest BCUT2D eigenvalue weighted by Crippen LogP contribution is 2.32. The summed E-state index contributed by atoms with van der Waals surface area (Å²) in [5.74, 6) is 0.700. The van der Waals surface area contributed by atoms with Gasteiger partial charge in [0.1, 0.15) is 28.7 Å². The van der Waals surface area contributed by atoms with Crippen LogP contribution in [0.5, 0.6) is 23.0 Å². The Morgan fingerprint density at radius 1 is 0.689 bits per heavy atom. The second-order valence-electron chi connectivity index (χ2n) is 9.43. The van der Waals surface area contributed by atoms with Gasteiger partial charge in [-0.1, -0.05) is 13.2 Å². The van der Waals surface area contributed by atoms with Gasteiger partial charge in [-0.15, -0.1) is 0 Å². The predicted octanol–water partition coefficient (Wildman–Crippen LogP) is 6.44. The van der Waals surface area contributed by atoms with Crippen molar-refractivity contribution in [1.82, 2.24) is 0 Å². The second-order valence-corrected chi connectivity index (χ2v) is 9.43. The van der Waals surface area contributed by atoms with E-state index < -0.39 is 17.9 Å². The van der Waals surface area contributed by atoms with Gasteiger partial charge < -0.3 is 28.4 Å². The number of methoxy groups -OCH3 is 1. The van der Waals surface area contributed by atoms with Crippen molar-refractivity contribution < 1.29 is 42.8 Å². The number of benzene rings is 3. The molecule has 0 aliphatic heterocycles. The van der Waals surface area contributed by atoms with Gasteiger partial charge in [-0.3, -0.25) is 4.99 Å². The van der Waals surface area contributed by atoms with Crippen LogP contribution in [0.2, 0.25) is 0 Å². The van der Waals surface area contributed by atoms with Crippen LogP contribution in [0.25, 0.3) is 0 Å². The van der Waals surface area contributed by atoms with Crippen LogP contribution in [-0.2, 0) is 19.1 Å². The lowest BCUT2D eigenvalue weighted by molar-refractivity contribution is -0.138. The molecule has 45 heavy (non-hydrogen) atoms. The Morgan fingerprint density at radius 3 is 1.73 bits per heavy atom. The summed E-state index contributed by atoms with van der Waals surface area (Å²) in [6.45, 7) is 8.30. The Labute approximate surface area is 262 Å². The number of hydrogen-bond donors (Lipinski definition) is 0. The van der Waals surface area contributed by atoms with Crippen LogP contribution in [0.3, 0.4) is 0 Å². The molecule has 0 saturated carbocycles. The maximum Gasteiger partial charge on any atom is 0.343 e. The van der Waals surface area contributed by atoms with Gasteiger partial charge in [0.2, 0.25) is 0 Å². The van der Waals surface area contributed by atoms with E-state index in [9.17, 15) is 14.4 Å². The van der Waals surface area contributed by atoms with Gasteiger partial charge in [0.25, 0.3) is 0 Å². The number of esters is 3. The zero-order valence-corrected chi connectivity index (χ0v) is 25.3. The molecule has 0 radical (unpaired) electrons. The van der Waals surface area contributed by atoms with Crippen LogP contribution in [0, 0.1) is 0 Å². The van der Waals surface area contributed by atoms with Gasteiger partial charge in [0.15, 0.2) is 0 Å². The maximum absolute atomic E-state index is 12.7. The third-order valence-corrected chi connectivity index (χ3v) is 6.12. The average Bonchev–Trinajstić information content (AvgIpc) is 3.07. The molecule has 3 aromatic rings. The second kappa shape index (κ2) is 19.0. The molecule has 0 bridgehead atoms. The zero-order valence-electron chi connectivity index (χ0n) is 25.3. The minimum absolute atomic E-state index is 0.308. The molecule has 10 heteroatoms. The predicted molar refractivity (Wildman–Crippen MR) is 170 cm³/mol. The molecular formula is C35H37NO9. The number of ether oxygens (including phenoxy) is 6. The SMILES string of the molecule is C=CC(=O)OCCCCOc1ccc(/C=N/c2ccc(OC(=O)c3ccc(OCCCCOC(=O)C=C)cc3)cc2OC)cc1. The lowest BCUT2D eigenvalue weighted by Gasteiger charge is -2.10. The van der Waals surface area contributed by atoms with E-state index in [2.05, 4.69) is 18.2 Å². The van der Waals surface area contributed by atoms with Crippen molar-refractivity contribution in [2.24, 2.45) is 4.99 Å². The summed E-state index contributed by atoms with van der Waals surface area (Å²) < 4.78 is 32.3. The summed E-state index contributed by atoms with van der Waals surface area (Å²) >= 11 is 0. The standard InChI is InChI=1S/C35H37NO9/c1-4-33(37)43-22-8-6-20-41-28-14-10-26(11-15-28)25-36-31-19-18-30(24-32(31)40-3)45-35(39)27-12-16-29(17-13-27)42-21-7-9-23-44-34(38)5-2/h4-5,10-19,24-25H,1-2,6-9,20-23H2,3H3/b36-25+. The zero-order chi connectivity index (χ0) is 32.3. The summed E-state index contributed by atoms with van der Waals surface area (Å²) in [5, 5.41) is 0. The molecule has 0 spiro atoms. The smallest absolute Gasteiger partial charge is 0.343 e. The summed E-state index contributed by atoms with van der Waals surface area (Å²) in [6, 6.07) is 19.1. The summed E-state index contributed by atoms with van der Waals surface area (Å²) in [4.78, 5) is 39.3. The van der Waals surface area contributed by atoms with Gasteiger partial charge in [-0.25, -0.2) is 14.4 Å². The lowest BCUT2D eigenvalue weighted by Crippen LogP contribution is -2.08. The van der Waals surface area contributed by atoms with E-state index in [-0.39, 0.29) is 0 Å². The van der Waals surface area contributed by atoms with Gasteiger partial charge in [-0.2, -0.15) is 0 Å². The molecule has 0 amide bonds. The van der Waals surface area contributed by atoms with Crippen molar-refractivity contribution >= 4 is 29.8 Å². The molecule has 0 heterocycles.